The van der Waals surface area contributed by atoms with Crippen molar-refractivity contribution in [1.82, 2.24) is 20.0 Å². The van der Waals surface area contributed by atoms with Crippen LogP contribution < -0.4 is 5.32 Å². The lowest BCUT2D eigenvalue weighted by molar-refractivity contribution is 0.323. The van der Waals surface area contributed by atoms with Gasteiger partial charge in [-0.05, 0) is 33.9 Å². The van der Waals surface area contributed by atoms with Crippen LogP contribution in [-0.2, 0) is 13.6 Å². The standard InChI is InChI=1S/C13H26N4/c1-6-7-14-8-9-16(4)10-13-11(2)15-17(5)12(13)3/h14H,6-10H2,1-5H3. The number of aromatic nitrogens is 2. The Morgan fingerprint density at radius 3 is 2.53 bits per heavy atom. The van der Waals surface area contributed by atoms with Gasteiger partial charge in [-0.1, -0.05) is 6.92 Å². The Kier molecular flexibility index (Phi) is 5.65. The molecule has 0 aliphatic carbocycles. The molecule has 0 bridgehead atoms. The van der Waals surface area contributed by atoms with E-state index in [1.54, 1.807) is 0 Å². The first-order valence-corrected chi connectivity index (χ1v) is 6.44. The van der Waals surface area contributed by atoms with Gasteiger partial charge in [-0.15, -0.1) is 0 Å². The van der Waals surface area contributed by atoms with Crippen LogP contribution in [0.25, 0.3) is 0 Å². The average Bonchev–Trinajstić information content (AvgIpc) is 2.52. The SMILES string of the molecule is CCCNCCN(C)Cc1c(C)nn(C)c1C. The van der Waals surface area contributed by atoms with Crippen LogP contribution in [0.5, 0.6) is 0 Å². The molecule has 0 spiro atoms. The van der Waals surface area contributed by atoms with E-state index < -0.39 is 0 Å². The second kappa shape index (κ2) is 6.77. The lowest BCUT2D eigenvalue weighted by Gasteiger charge is -2.17. The Morgan fingerprint density at radius 2 is 2.00 bits per heavy atom. The minimum Gasteiger partial charge on any atom is -0.315 e. The Labute approximate surface area is 105 Å². The van der Waals surface area contributed by atoms with E-state index in [4.69, 9.17) is 0 Å². The number of aryl methyl sites for hydroxylation is 2. The summed E-state index contributed by atoms with van der Waals surface area (Å²) in [6.07, 6.45) is 1.20. The van der Waals surface area contributed by atoms with Crippen molar-refractivity contribution in [1.29, 1.82) is 0 Å². The summed E-state index contributed by atoms with van der Waals surface area (Å²) in [7, 11) is 4.17. The summed E-state index contributed by atoms with van der Waals surface area (Å²) in [5.74, 6) is 0. The number of likely N-dealkylation sites (N-methyl/N-ethyl adjacent to an activating group) is 1. The summed E-state index contributed by atoms with van der Waals surface area (Å²) in [6.45, 7) is 10.7. The molecule has 0 unspecified atom stereocenters. The molecule has 1 N–H and O–H groups in total. The van der Waals surface area contributed by atoms with Gasteiger partial charge in [0, 0.05) is 37.9 Å². The number of nitrogens with zero attached hydrogens (tertiary/aromatic N) is 3. The molecule has 0 amide bonds. The first-order valence-electron chi connectivity index (χ1n) is 6.44. The smallest absolute Gasteiger partial charge is 0.0641 e. The lowest BCUT2D eigenvalue weighted by Crippen LogP contribution is -2.29. The predicted octanol–water partition coefficient (Wildman–Crippen LogP) is 1.47. The van der Waals surface area contributed by atoms with Gasteiger partial charge in [-0.2, -0.15) is 5.10 Å². The van der Waals surface area contributed by atoms with Crippen molar-refractivity contribution in [3.63, 3.8) is 0 Å². The summed E-state index contributed by atoms with van der Waals surface area (Å²) < 4.78 is 1.97. The molecule has 0 aliphatic rings. The molecule has 4 heteroatoms. The summed E-state index contributed by atoms with van der Waals surface area (Å²) in [4.78, 5) is 2.35. The van der Waals surface area contributed by atoms with Crippen LogP contribution in [0.15, 0.2) is 0 Å². The van der Waals surface area contributed by atoms with E-state index in [2.05, 4.69) is 43.1 Å². The molecular weight excluding hydrogens is 212 g/mol. The van der Waals surface area contributed by atoms with Crippen LogP contribution in [0, 0.1) is 13.8 Å². The van der Waals surface area contributed by atoms with Gasteiger partial charge in [0.25, 0.3) is 0 Å². The molecule has 4 nitrogen and oxygen atoms in total. The molecule has 1 rings (SSSR count). The summed E-state index contributed by atoms with van der Waals surface area (Å²) in [5, 5.41) is 7.87. The van der Waals surface area contributed by atoms with Crippen molar-refractivity contribution in [2.45, 2.75) is 33.7 Å². The van der Waals surface area contributed by atoms with Gasteiger partial charge in [0.15, 0.2) is 0 Å². The van der Waals surface area contributed by atoms with Gasteiger partial charge >= 0.3 is 0 Å². The molecule has 1 aromatic heterocycles. The van der Waals surface area contributed by atoms with Crippen LogP contribution >= 0.6 is 0 Å². The third-order valence-electron chi connectivity index (χ3n) is 3.18. The number of hydrogen-bond acceptors (Lipinski definition) is 3. The fourth-order valence-corrected chi connectivity index (χ4v) is 1.97. The van der Waals surface area contributed by atoms with Gasteiger partial charge in [-0.3, -0.25) is 4.68 Å². The number of nitrogens with one attached hydrogen (secondary N) is 1. The van der Waals surface area contributed by atoms with E-state index in [0.29, 0.717) is 0 Å². The van der Waals surface area contributed by atoms with Gasteiger partial charge in [0.05, 0.1) is 5.69 Å². The van der Waals surface area contributed by atoms with E-state index in [1.165, 1.54) is 17.7 Å². The van der Waals surface area contributed by atoms with Crippen LogP contribution in [0.2, 0.25) is 0 Å². The molecule has 0 aliphatic heterocycles. The molecule has 1 aromatic rings. The van der Waals surface area contributed by atoms with Crippen molar-refractivity contribution in [2.75, 3.05) is 26.7 Å². The third-order valence-corrected chi connectivity index (χ3v) is 3.18. The zero-order chi connectivity index (χ0) is 12.8. The maximum absolute atomic E-state index is 4.45. The minimum atomic E-state index is 0.985. The molecule has 0 aromatic carbocycles. The zero-order valence-corrected chi connectivity index (χ0v) is 11.9. The third kappa shape index (κ3) is 4.13. The molecular formula is C13H26N4. The maximum atomic E-state index is 4.45. The zero-order valence-electron chi connectivity index (χ0n) is 11.9. The van der Waals surface area contributed by atoms with Crippen molar-refractivity contribution in [3.8, 4) is 0 Å². The fraction of sp³-hybridized carbons (Fsp3) is 0.769. The number of rotatable bonds is 7. The maximum Gasteiger partial charge on any atom is 0.0641 e. The summed E-state index contributed by atoms with van der Waals surface area (Å²) >= 11 is 0. The normalized spacial score (nSPS) is 11.4. The lowest BCUT2D eigenvalue weighted by atomic mass is 10.2. The van der Waals surface area contributed by atoms with Gasteiger partial charge in [0.1, 0.15) is 0 Å². The topological polar surface area (TPSA) is 33.1 Å². The molecule has 17 heavy (non-hydrogen) atoms. The van der Waals surface area contributed by atoms with Crippen LogP contribution in [-0.4, -0.2) is 41.4 Å². The summed E-state index contributed by atoms with van der Waals surface area (Å²) in [6, 6.07) is 0. The minimum absolute atomic E-state index is 0.985. The Balaban J connectivity index is 2.42. The molecule has 0 saturated heterocycles. The largest absolute Gasteiger partial charge is 0.315 e. The molecule has 0 fully saturated rings. The Morgan fingerprint density at radius 1 is 1.29 bits per heavy atom. The predicted molar refractivity (Wildman–Crippen MR) is 72.2 cm³/mol. The average molecular weight is 238 g/mol. The molecule has 1 heterocycles. The quantitative estimate of drug-likeness (QED) is 0.730. The Bertz CT molecular complexity index is 343. The highest BCUT2D eigenvalue weighted by Crippen LogP contribution is 2.13. The second-order valence-electron chi connectivity index (χ2n) is 4.76. The second-order valence-corrected chi connectivity index (χ2v) is 4.76. The van der Waals surface area contributed by atoms with Gasteiger partial charge < -0.3 is 10.2 Å². The van der Waals surface area contributed by atoms with E-state index in [-0.39, 0.29) is 0 Å². The molecule has 0 radical (unpaired) electrons. The first kappa shape index (κ1) is 14.2. The van der Waals surface area contributed by atoms with E-state index in [9.17, 15) is 0 Å². The van der Waals surface area contributed by atoms with Crippen molar-refractivity contribution >= 4 is 0 Å². The first-order chi connectivity index (χ1) is 8.06. The van der Waals surface area contributed by atoms with E-state index in [0.717, 1.165) is 31.9 Å². The van der Waals surface area contributed by atoms with Gasteiger partial charge in [0.2, 0.25) is 0 Å². The number of hydrogen-bond donors (Lipinski definition) is 1. The molecule has 0 atom stereocenters. The molecule has 98 valence electrons. The van der Waals surface area contributed by atoms with Crippen LogP contribution in [0.3, 0.4) is 0 Å². The summed E-state index contributed by atoms with van der Waals surface area (Å²) in [5.41, 5.74) is 3.79. The van der Waals surface area contributed by atoms with Crippen LogP contribution in [0.4, 0.5) is 0 Å². The fourth-order valence-electron chi connectivity index (χ4n) is 1.97. The Hall–Kier alpha value is -0.870. The van der Waals surface area contributed by atoms with Crippen molar-refractivity contribution in [2.24, 2.45) is 7.05 Å². The molecule has 0 saturated carbocycles. The highest BCUT2D eigenvalue weighted by molar-refractivity contribution is 5.23. The van der Waals surface area contributed by atoms with E-state index in [1.807, 2.05) is 11.7 Å². The highest BCUT2D eigenvalue weighted by atomic mass is 15.3. The van der Waals surface area contributed by atoms with E-state index >= 15 is 0 Å². The highest BCUT2D eigenvalue weighted by Gasteiger charge is 2.10. The monoisotopic (exact) mass is 238 g/mol. The van der Waals surface area contributed by atoms with Crippen molar-refractivity contribution < 1.29 is 0 Å². The van der Waals surface area contributed by atoms with Crippen LogP contribution in [0.1, 0.15) is 30.3 Å². The van der Waals surface area contributed by atoms with Crippen molar-refractivity contribution in [3.05, 3.63) is 17.0 Å². The van der Waals surface area contributed by atoms with Gasteiger partial charge in [-0.25, -0.2) is 0 Å².